The van der Waals surface area contributed by atoms with Crippen LogP contribution in [-0.2, 0) is 24.5 Å². The van der Waals surface area contributed by atoms with Gasteiger partial charge in [0.2, 0.25) is 13.6 Å². The van der Waals surface area contributed by atoms with Crippen LogP contribution in [0.2, 0.25) is 0 Å². The van der Waals surface area contributed by atoms with E-state index in [2.05, 4.69) is 48.5 Å². The van der Waals surface area contributed by atoms with Crippen molar-refractivity contribution in [2.24, 2.45) is 0 Å². The molecule has 0 aliphatic heterocycles. The second-order valence-corrected chi connectivity index (χ2v) is 9.34. The molecule has 41 heavy (non-hydrogen) atoms. The summed E-state index contributed by atoms with van der Waals surface area (Å²) in [6, 6.07) is 32.7. The zero-order valence-corrected chi connectivity index (χ0v) is 22.9. The van der Waals surface area contributed by atoms with E-state index in [0.29, 0.717) is 11.5 Å². The van der Waals surface area contributed by atoms with Gasteiger partial charge in [0, 0.05) is 12.2 Å². The van der Waals surface area contributed by atoms with Crippen LogP contribution in [0.3, 0.4) is 0 Å². The fraction of sp³-hybridized carbons (Fsp3) is 0.143. The van der Waals surface area contributed by atoms with Gasteiger partial charge in [0.05, 0.1) is 5.41 Å². The summed E-state index contributed by atoms with van der Waals surface area (Å²) < 4.78 is 21.5. The highest BCUT2D eigenvalue weighted by Gasteiger charge is 2.45. The molecule has 0 amide bonds. The average molecular weight is 547 g/mol. The predicted molar refractivity (Wildman–Crippen MR) is 157 cm³/mol. The lowest BCUT2D eigenvalue weighted by Gasteiger charge is -2.34. The molecule has 1 aliphatic rings. The number of rotatable bonds is 10. The molecular weight excluding hydrogens is 516 g/mol. The minimum absolute atomic E-state index is 0.176. The number of hydrogen-bond donors (Lipinski definition) is 0. The molecule has 0 radical (unpaired) electrons. The van der Waals surface area contributed by atoms with Gasteiger partial charge in [-0.1, -0.05) is 84.9 Å². The van der Waals surface area contributed by atoms with Crippen LogP contribution < -0.4 is 9.47 Å². The van der Waals surface area contributed by atoms with Gasteiger partial charge >= 0.3 is 11.9 Å². The van der Waals surface area contributed by atoms with Crippen LogP contribution in [-0.4, -0.2) is 25.5 Å². The number of benzene rings is 4. The van der Waals surface area contributed by atoms with Crippen LogP contribution >= 0.6 is 0 Å². The van der Waals surface area contributed by atoms with Gasteiger partial charge in [0.15, 0.2) is 0 Å². The van der Waals surface area contributed by atoms with Crippen molar-refractivity contribution in [2.75, 3.05) is 13.6 Å². The van der Waals surface area contributed by atoms with Crippen molar-refractivity contribution < 1.29 is 28.5 Å². The van der Waals surface area contributed by atoms with E-state index in [1.54, 1.807) is 26.0 Å². The first-order valence-electron chi connectivity index (χ1n) is 13.3. The second-order valence-electron chi connectivity index (χ2n) is 9.34. The fourth-order valence-corrected chi connectivity index (χ4v) is 5.31. The van der Waals surface area contributed by atoms with Crippen LogP contribution in [0, 0.1) is 0 Å². The highest BCUT2D eigenvalue weighted by atomic mass is 16.7. The molecule has 0 atom stereocenters. The number of fused-ring (bicyclic) bond motifs is 3. The lowest BCUT2D eigenvalue weighted by Crippen LogP contribution is -2.28. The van der Waals surface area contributed by atoms with E-state index >= 15 is 0 Å². The van der Waals surface area contributed by atoms with Crippen molar-refractivity contribution >= 4 is 11.9 Å². The van der Waals surface area contributed by atoms with E-state index in [0.717, 1.165) is 11.1 Å². The predicted octanol–water partition coefficient (Wildman–Crippen LogP) is 6.96. The Labute approximate surface area is 239 Å². The first kappa shape index (κ1) is 27.5. The van der Waals surface area contributed by atoms with Crippen LogP contribution in [0.25, 0.3) is 11.1 Å². The molecule has 6 heteroatoms. The van der Waals surface area contributed by atoms with Gasteiger partial charge in [-0.3, -0.25) is 0 Å². The van der Waals surface area contributed by atoms with Crippen molar-refractivity contribution in [3.63, 3.8) is 0 Å². The summed E-state index contributed by atoms with van der Waals surface area (Å²) in [6.45, 7) is 3.15. The van der Waals surface area contributed by atoms with Crippen molar-refractivity contribution in [1.29, 1.82) is 0 Å². The normalized spacial score (nSPS) is 13.0. The Morgan fingerprint density at radius 2 is 0.976 bits per heavy atom. The molecular formula is C35H30O6. The number of esters is 2. The van der Waals surface area contributed by atoms with Crippen LogP contribution in [0.1, 0.15) is 36.1 Å². The highest BCUT2D eigenvalue weighted by Crippen LogP contribution is 2.56. The van der Waals surface area contributed by atoms with Gasteiger partial charge in [-0.15, -0.1) is 0 Å². The third-order valence-corrected chi connectivity index (χ3v) is 6.99. The lowest BCUT2D eigenvalue weighted by atomic mass is 9.68. The maximum absolute atomic E-state index is 11.6. The van der Waals surface area contributed by atoms with Gasteiger partial charge in [0.1, 0.15) is 11.5 Å². The van der Waals surface area contributed by atoms with E-state index in [-0.39, 0.29) is 13.6 Å². The van der Waals surface area contributed by atoms with Crippen molar-refractivity contribution in [2.45, 2.75) is 19.3 Å². The number of hydrogen-bond acceptors (Lipinski definition) is 6. The van der Waals surface area contributed by atoms with Crippen molar-refractivity contribution in [3.8, 4) is 22.6 Å². The molecule has 0 unspecified atom stereocenters. The van der Waals surface area contributed by atoms with Crippen LogP contribution in [0.4, 0.5) is 0 Å². The molecule has 5 rings (SSSR count). The molecule has 0 aromatic heterocycles. The van der Waals surface area contributed by atoms with Gasteiger partial charge in [-0.25, -0.2) is 9.59 Å². The minimum Gasteiger partial charge on any atom is -0.457 e. The molecule has 0 bridgehead atoms. The topological polar surface area (TPSA) is 71.1 Å². The van der Waals surface area contributed by atoms with Crippen molar-refractivity contribution in [3.05, 3.63) is 144 Å². The minimum atomic E-state index is -0.596. The maximum Gasteiger partial charge on any atom is 0.333 e. The molecule has 0 fully saturated rings. The Bertz CT molecular complexity index is 1460. The molecule has 0 saturated carbocycles. The Kier molecular flexibility index (Phi) is 8.30. The second kappa shape index (κ2) is 12.4. The largest absolute Gasteiger partial charge is 0.457 e. The quantitative estimate of drug-likeness (QED) is 0.107. The smallest absolute Gasteiger partial charge is 0.333 e. The van der Waals surface area contributed by atoms with Crippen LogP contribution in [0.5, 0.6) is 11.5 Å². The fourth-order valence-electron chi connectivity index (χ4n) is 5.31. The van der Waals surface area contributed by atoms with Gasteiger partial charge < -0.3 is 18.9 Å². The average Bonchev–Trinajstić information content (AvgIpc) is 3.29. The maximum atomic E-state index is 11.6. The van der Waals surface area contributed by atoms with E-state index in [9.17, 15) is 9.59 Å². The Morgan fingerprint density at radius 1 is 0.585 bits per heavy atom. The van der Waals surface area contributed by atoms with Gasteiger partial charge in [-0.2, -0.15) is 0 Å². The molecule has 0 saturated heterocycles. The van der Waals surface area contributed by atoms with E-state index in [4.69, 9.17) is 18.9 Å². The Hall–Kier alpha value is -5.10. The number of carbonyl (C=O) groups is 2. The summed E-state index contributed by atoms with van der Waals surface area (Å²) in [5.74, 6) is 0.275. The summed E-state index contributed by atoms with van der Waals surface area (Å²) >= 11 is 0. The standard InChI is InChI=1S/C35H30O6/c1-3-9-33(36)40-23-38-27-19-15-25(16-20-27)35(26-17-21-28(22-18-26)39-24-41-34(37)10-4-2)31-13-7-5-11-29(31)30-12-6-8-14-32(30)35/h3-22H,23-24H2,1-2H3. The summed E-state index contributed by atoms with van der Waals surface area (Å²) in [5.41, 5.74) is 6.21. The molecule has 0 spiro atoms. The molecule has 6 nitrogen and oxygen atoms in total. The third kappa shape index (κ3) is 5.50. The van der Waals surface area contributed by atoms with Crippen LogP contribution in [0.15, 0.2) is 121 Å². The molecule has 206 valence electrons. The van der Waals surface area contributed by atoms with Gasteiger partial charge in [0.25, 0.3) is 0 Å². The Balaban J connectivity index is 1.51. The molecule has 0 N–H and O–H groups in total. The Morgan fingerprint density at radius 3 is 1.37 bits per heavy atom. The molecule has 4 aromatic rings. The SMILES string of the molecule is CC=CC(=O)OCOc1ccc(C2(c3ccc(OCOC(=O)C=CC)cc3)c3ccccc3-c3ccccc32)cc1. The van der Waals surface area contributed by atoms with E-state index in [1.165, 1.54) is 34.4 Å². The third-order valence-electron chi connectivity index (χ3n) is 6.99. The first-order valence-corrected chi connectivity index (χ1v) is 13.3. The lowest BCUT2D eigenvalue weighted by molar-refractivity contribution is -0.145. The summed E-state index contributed by atoms with van der Waals surface area (Å²) in [4.78, 5) is 23.2. The molecule has 1 aliphatic carbocycles. The summed E-state index contributed by atoms with van der Waals surface area (Å²) in [7, 11) is 0. The summed E-state index contributed by atoms with van der Waals surface area (Å²) in [5, 5.41) is 0. The van der Waals surface area contributed by atoms with E-state index in [1.807, 2.05) is 48.5 Å². The zero-order chi connectivity index (χ0) is 28.7. The highest BCUT2D eigenvalue weighted by molar-refractivity contribution is 5.86. The monoisotopic (exact) mass is 546 g/mol. The zero-order valence-electron chi connectivity index (χ0n) is 22.9. The number of carbonyl (C=O) groups excluding carboxylic acids is 2. The van der Waals surface area contributed by atoms with Gasteiger partial charge in [-0.05, 0) is 71.5 Å². The van der Waals surface area contributed by atoms with Crippen molar-refractivity contribution in [1.82, 2.24) is 0 Å². The molecule has 4 aromatic carbocycles. The number of ether oxygens (including phenoxy) is 4. The van der Waals surface area contributed by atoms with E-state index < -0.39 is 17.4 Å². The number of allylic oxidation sites excluding steroid dienone is 2. The first-order chi connectivity index (χ1) is 20.1. The molecule has 0 heterocycles. The summed E-state index contributed by atoms with van der Waals surface area (Å²) in [6.07, 6.45) is 5.93.